The number of amides is 3. The van der Waals surface area contributed by atoms with Gasteiger partial charge in [-0.05, 0) is 42.5 Å². The number of benzene rings is 2. The standard InChI is InChI=1S/C28H38N4O7/c1-16(2)13-21(25(35)32-23(28(38)39)15-18-7-5-4-6-8-18)30-26(36)22(31-27(37)24(29)17(3)33)14-19-9-11-20(34)12-10-19/h4-12,16-17,21-24,33-34H,13-15,29H2,1-3H3,(H,30,36)(H,31,37)(H,32,35)(H,38,39). The summed E-state index contributed by atoms with van der Waals surface area (Å²) >= 11 is 0. The number of phenolic OH excluding ortho intramolecular Hbond substituents is 1. The molecule has 0 bridgehead atoms. The highest BCUT2D eigenvalue weighted by molar-refractivity contribution is 5.94. The van der Waals surface area contributed by atoms with Gasteiger partial charge < -0.3 is 37.0 Å². The summed E-state index contributed by atoms with van der Waals surface area (Å²) in [7, 11) is 0. The molecule has 8 N–H and O–H groups in total. The molecule has 0 aliphatic heterocycles. The maximum absolute atomic E-state index is 13.4. The summed E-state index contributed by atoms with van der Waals surface area (Å²) in [5.41, 5.74) is 7.07. The molecule has 0 fully saturated rings. The highest BCUT2D eigenvalue weighted by Crippen LogP contribution is 2.13. The number of rotatable bonds is 14. The molecular weight excluding hydrogens is 504 g/mol. The van der Waals surface area contributed by atoms with Crippen LogP contribution in [0, 0.1) is 5.92 Å². The normalized spacial score (nSPS) is 14.9. The number of carbonyl (C=O) groups is 4. The van der Waals surface area contributed by atoms with E-state index in [-0.39, 0.29) is 30.9 Å². The number of aromatic hydroxyl groups is 1. The van der Waals surface area contributed by atoms with E-state index in [4.69, 9.17) is 5.73 Å². The van der Waals surface area contributed by atoms with Crippen LogP contribution in [0.1, 0.15) is 38.3 Å². The highest BCUT2D eigenvalue weighted by Gasteiger charge is 2.31. The molecule has 5 atom stereocenters. The summed E-state index contributed by atoms with van der Waals surface area (Å²) in [5.74, 6) is -3.35. The lowest BCUT2D eigenvalue weighted by atomic mass is 9.99. The summed E-state index contributed by atoms with van der Waals surface area (Å²) in [6, 6.07) is 10.1. The van der Waals surface area contributed by atoms with E-state index in [0.717, 1.165) is 5.56 Å². The number of nitrogens with one attached hydrogen (secondary N) is 3. The maximum atomic E-state index is 13.4. The van der Waals surface area contributed by atoms with Gasteiger partial charge in [0.25, 0.3) is 0 Å². The molecule has 2 aromatic rings. The SMILES string of the molecule is CC(C)CC(NC(=O)C(Cc1ccc(O)cc1)NC(=O)C(N)C(C)O)C(=O)NC(Cc1ccccc1)C(=O)O. The van der Waals surface area contributed by atoms with Gasteiger partial charge in [0.2, 0.25) is 17.7 Å². The van der Waals surface area contributed by atoms with Crippen LogP contribution < -0.4 is 21.7 Å². The van der Waals surface area contributed by atoms with E-state index in [1.165, 1.54) is 19.1 Å². The van der Waals surface area contributed by atoms with Crippen molar-refractivity contribution in [3.8, 4) is 5.75 Å². The van der Waals surface area contributed by atoms with E-state index in [9.17, 15) is 34.5 Å². The molecule has 0 heterocycles. The van der Waals surface area contributed by atoms with Gasteiger partial charge in [-0.3, -0.25) is 14.4 Å². The number of carboxylic acid groups (broad SMARTS) is 1. The number of aliphatic hydroxyl groups is 1. The van der Waals surface area contributed by atoms with Gasteiger partial charge in [-0.25, -0.2) is 4.79 Å². The molecule has 0 spiro atoms. The van der Waals surface area contributed by atoms with Crippen LogP contribution >= 0.6 is 0 Å². The molecule has 2 aromatic carbocycles. The lowest BCUT2D eigenvalue weighted by molar-refractivity contribution is -0.142. The number of aliphatic hydroxyl groups excluding tert-OH is 1. The average molecular weight is 543 g/mol. The number of aliphatic carboxylic acids is 1. The van der Waals surface area contributed by atoms with Gasteiger partial charge in [-0.1, -0.05) is 56.3 Å². The third-order valence-electron chi connectivity index (χ3n) is 6.07. The van der Waals surface area contributed by atoms with Crippen LogP contribution in [0.25, 0.3) is 0 Å². The molecule has 0 aromatic heterocycles. The molecule has 2 rings (SSSR count). The fraction of sp³-hybridized carbons (Fsp3) is 0.429. The second-order valence-electron chi connectivity index (χ2n) is 9.98. The lowest BCUT2D eigenvalue weighted by Gasteiger charge is -2.26. The second kappa shape index (κ2) is 14.8. The Morgan fingerprint density at radius 3 is 1.77 bits per heavy atom. The van der Waals surface area contributed by atoms with Crippen molar-refractivity contribution in [3.63, 3.8) is 0 Å². The Morgan fingerprint density at radius 2 is 1.23 bits per heavy atom. The summed E-state index contributed by atoms with van der Waals surface area (Å²) in [4.78, 5) is 51.0. The van der Waals surface area contributed by atoms with Gasteiger partial charge in [-0.2, -0.15) is 0 Å². The molecule has 0 saturated heterocycles. The number of hydrogen-bond acceptors (Lipinski definition) is 7. The third-order valence-corrected chi connectivity index (χ3v) is 6.07. The second-order valence-corrected chi connectivity index (χ2v) is 9.98. The van der Waals surface area contributed by atoms with E-state index in [2.05, 4.69) is 16.0 Å². The molecule has 0 saturated carbocycles. The fourth-order valence-corrected chi connectivity index (χ4v) is 3.86. The molecule has 11 nitrogen and oxygen atoms in total. The predicted octanol–water partition coefficient (Wildman–Crippen LogP) is 0.471. The van der Waals surface area contributed by atoms with Crippen LogP contribution in [0.15, 0.2) is 54.6 Å². The smallest absolute Gasteiger partial charge is 0.326 e. The highest BCUT2D eigenvalue weighted by atomic mass is 16.4. The first-order valence-electron chi connectivity index (χ1n) is 12.8. The van der Waals surface area contributed by atoms with Crippen molar-refractivity contribution in [1.82, 2.24) is 16.0 Å². The van der Waals surface area contributed by atoms with Gasteiger partial charge in [0.1, 0.15) is 29.9 Å². The Kier molecular flexibility index (Phi) is 11.9. The first-order valence-corrected chi connectivity index (χ1v) is 12.8. The Balaban J connectivity index is 2.24. The van der Waals surface area contributed by atoms with E-state index >= 15 is 0 Å². The summed E-state index contributed by atoms with van der Waals surface area (Å²) in [6.45, 7) is 5.04. The molecule has 5 unspecified atom stereocenters. The molecular formula is C28H38N4O7. The van der Waals surface area contributed by atoms with Gasteiger partial charge in [0.15, 0.2) is 0 Å². The Labute approximate surface area is 227 Å². The quantitative estimate of drug-likeness (QED) is 0.179. The Morgan fingerprint density at radius 1 is 0.744 bits per heavy atom. The summed E-state index contributed by atoms with van der Waals surface area (Å²) in [5, 5.41) is 36.7. The van der Waals surface area contributed by atoms with Crippen LogP contribution in [0.3, 0.4) is 0 Å². The van der Waals surface area contributed by atoms with E-state index < -0.39 is 54.0 Å². The van der Waals surface area contributed by atoms with Crippen LogP contribution in [0.2, 0.25) is 0 Å². The van der Waals surface area contributed by atoms with Crippen molar-refractivity contribution in [2.24, 2.45) is 11.7 Å². The lowest BCUT2D eigenvalue weighted by Crippen LogP contribution is -2.59. The van der Waals surface area contributed by atoms with Crippen LogP contribution in [0.5, 0.6) is 5.75 Å². The molecule has 0 aliphatic rings. The Bertz CT molecular complexity index is 1110. The van der Waals surface area contributed by atoms with Crippen molar-refractivity contribution >= 4 is 23.7 Å². The van der Waals surface area contributed by atoms with Gasteiger partial charge in [-0.15, -0.1) is 0 Å². The number of carboxylic acids is 1. The molecule has 0 radical (unpaired) electrons. The van der Waals surface area contributed by atoms with Crippen molar-refractivity contribution in [1.29, 1.82) is 0 Å². The number of nitrogens with two attached hydrogens (primary N) is 1. The van der Waals surface area contributed by atoms with Crippen molar-refractivity contribution in [3.05, 3.63) is 65.7 Å². The topological polar surface area (TPSA) is 191 Å². The first-order chi connectivity index (χ1) is 18.4. The first kappa shape index (κ1) is 31.3. The van der Waals surface area contributed by atoms with Crippen molar-refractivity contribution in [2.75, 3.05) is 0 Å². The third kappa shape index (κ3) is 10.4. The van der Waals surface area contributed by atoms with E-state index in [0.29, 0.717) is 5.56 Å². The maximum Gasteiger partial charge on any atom is 0.326 e. The van der Waals surface area contributed by atoms with Crippen molar-refractivity contribution < 1.29 is 34.5 Å². The van der Waals surface area contributed by atoms with Gasteiger partial charge in [0.05, 0.1) is 6.10 Å². The zero-order chi connectivity index (χ0) is 29.1. The fourth-order valence-electron chi connectivity index (χ4n) is 3.86. The van der Waals surface area contributed by atoms with Crippen LogP contribution in [-0.2, 0) is 32.0 Å². The number of phenols is 1. The minimum absolute atomic E-state index is 0.00611. The molecule has 11 heteroatoms. The van der Waals surface area contributed by atoms with E-state index in [1.807, 2.05) is 13.8 Å². The molecule has 39 heavy (non-hydrogen) atoms. The van der Waals surface area contributed by atoms with E-state index in [1.54, 1.807) is 42.5 Å². The molecule has 3 amide bonds. The summed E-state index contributed by atoms with van der Waals surface area (Å²) in [6.07, 6.45) is -0.894. The molecule has 212 valence electrons. The minimum Gasteiger partial charge on any atom is -0.508 e. The van der Waals surface area contributed by atoms with Crippen molar-refractivity contribution in [2.45, 2.75) is 70.3 Å². The monoisotopic (exact) mass is 542 g/mol. The van der Waals surface area contributed by atoms with Gasteiger partial charge >= 0.3 is 5.97 Å². The number of carbonyl (C=O) groups excluding carboxylic acids is 3. The minimum atomic E-state index is -1.29. The largest absolute Gasteiger partial charge is 0.508 e. The van der Waals surface area contributed by atoms with Gasteiger partial charge in [0, 0.05) is 12.8 Å². The zero-order valence-corrected chi connectivity index (χ0v) is 22.3. The Hall–Kier alpha value is -3.96. The number of hydrogen-bond donors (Lipinski definition) is 7. The summed E-state index contributed by atoms with van der Waals surface area (Å²) < 4.78 is 0. The molecule has 0 aliphatic carbocycles. The van der Waals surface area contributed by atoms with Crippen LogP contribution in [-0.4, -0.2) is 69.3 Å². The predicted molar refractivity (Wildman–Crippen MR) is 144 cm³/mol. The average Bonchev–Trinajstić information content (AvgIpc) is 2.88. The van der Waals surface area contributed by atoms with Crippen LogP contribution in [0.4, 0.5) is 0 Å². The zero-order valence-electron chi connectivity index (χ0n) is 22.3.